The Bertz CT molecular complexity index is 1160. The maximum Gasteiger partial charge on any atom is 0.335 e. The van der Waals surface area contributed by atoms with Crippen LogP contribution in [-0.4, -0.2) is 67.5 Å². The number of halogens is 1. The molecule has 2 N–H and O–H groups in total. The third-order valence-electron chi connectivity index (χ3n) is 7.61. The first-order chi connectivity index (χ1) is 17.7. The summed E-state index contributed by atoms with van der Waals surface area (Å²) in [5, 5.41) is 0. The summed E-state index contributed by atoms with van der Waals surface area (Å²) >= 11 is 2.01. The zero-order valence-electron chi connectivity index (χ0n) is 23.6. The van der Waals surface area contributed by atoms with E-state index in [4.69, 9.17) is 28.2 Å². The van der Waals surface area contributed by atoms with Gasteiger partial charge in [0.2, 0.25) is 0 Å². The Morgan fingerprint density at radius 1 is 1.08 bits per heavy atom. The van der Waals surface area contributed by atoms with Crippen molar-refractivity contribution in [3.05, 3.63) is 10.2 Å². The van der Waals surface area contributed by atoms with Crippen LogP contribution in [0.4, 0.5) is 5.82 Å². The summed E-state index contributed by atoms with van der Waals surface area (Å²) in [4.78, 5) is 25.6. The Morgan fingerprint density at radius 3 is 2.24 bits per heavy atom. The second-order valence-corrected chi connectivity index (χ2v) is 21.2. The van der Waals surface area contributed by atoms with Gasteiger partial charge in [-0.05, 0) is 22.2 Å². The number of nitrogen functional groups attached to an aromatic ring is 1. The third-order valence-corrected chi connectivity index (χ3v) is 18.3. The SMILES string of the molecule is CC(=O)O[C@H]1[C@@H]2O[Si](C(C)C)(C(C)C)O[Si](C(C)C)(C(C)C)OC[C@H]2O[C@H]1n1cnc2c(N)nc(I)nc21. The molecule has 2 aromatic heterocycles. The number of hydrogen-bond donors (Lipinski definition) is 1. The summed E-state index contributed by atoms with van der Waals surface area (Å²) < 4.78 is 36.1. The number of rotatable bonds is 6. The molecule has 0 aliphatic carbocycles. The molecule has 2 aromatic rings. The normalized spacial score (nSPS) is 27.2. The van der Waals surface area contributed by atoms with Gasteiger partial charge in [0, 0.05) is 29.5 Å². The monoisotopic (exact) mass is 677 g/mol. The van der Waals surface area contributed by atoms with Crippen molar-refractivity contribution in [3.8, 4) is 0 Å². The number of ether oxygens (including phenoxy) is 2. The molecule has 0 aromatic carbocycles. The summed E-state index contributed by atoms with van der Waals surface area (Å²) in [5.41, 5.74) is 7.72. The first-order valence-electron chi connectivity index (χ1n) is 13.2. The van der Waals surface area contributed by atoms with Gasteiger partial charge >= 0.3 is 23.1 Å². The second-order valence-electron chi connectivity index (χ2n) is 11.4. The van der Waals surface area contributed by atoms with Gasteiger partial charge in [-0.2, -0.15) is 0 Å². The molecule has 4 heterocycles. The quantitative estimate of drug-likeness (QED) is 0.197. The lowest BCUT2D eigenvalue weighted by Gasteiger charge is -2.51. The van der Waals surface area contributed by atoms with Crippen LogP contribution >= 0.6 is 22.6 Å². The molecule has 0 unspecified atom stereocenters. The summed E-state index contributed by atoms with van der Waals surface area (Å²) in [6.45, 7) is 19.0. The highest BCUT2D eigenvalue weighted by atomic mass is 127. The summed E-state index contributed by atoms with van der Waals surface area (Å²) in [5.74, 6) is -0.158. The first-order valence-corrected chi connectivity index (χ1v) is 18.3. The smallest absolute Gasteiger partial charge is 0.335 e. The van der Waals surface area contributed by atoms with Gasteiger partial charge in [0.05, 0.1) is 12.9 Å². The van der Waals surface area contributed by atoms with Crippen molar-refractivity contribution in [2.75, 3.05) is 12.3 Å². The molecule has 0 spiro atoms. The Balaban J connectivity index is 1.86. The molecule has 11 nitrogen and oxygen atoms in total. The molecule has 38 heavy (non-hydrogen) atoms. The number of imidazole rings is 1. The fourth-order valence-corrected chi connectivity index (χ4v) is 17.5. The average Bonchev–Trinajstić information content (AvgIpc) is 3.34. The van der Waals surface area contributed by atoms with Crippen molar-refractivity contribution >= 4 is 62.7 Å². The van der Waals surface area contributed by atoms with E-state index in [1.807, 2.05) is 22.6 Å². The molecule has 2 fully saturated rings. The van der Waals surface area contributed by atoms with E-state index in [1.54, 1.807) is 10.9 Å². The molecule has 0 bridgehead atoms. The van der Waals surface area contributed by atoms with E-state index in [2.05, 4.69) is 70.3 Å². The lowest BCUT2D eigenvalue weighted by atomic mass is 10.1. The van der Waals surface area contributed by atoms with Gasteiger partial charge in [-0.3, -0.25) is 9.36 Å². The van der Waals surface area contributed by atoms with Crippen LogP contribution in [0, 0.1) is 3.83 Å². The minimum absolute atomic E-state index is 0.120. The molecule has 0 saturated carbocycles. The van der Waals surface area contributed by atoms with Crippen LogP contribution in [-0.2, 0) is 27.2 Å². The van der Waals surface area contributed by atoms with E-state index in [0.29, 0.717) is 15.0 Å². The molecular weight excluding hydrogens is 637 g/mol. The van der Waals surface area contributed by atoms with Gasteiger partial charge in [-0.15, -0.1) is 0 Å². The first kappa shape index (κ1) is 29.8. The van der Waals surface area contributed by atoms with Crippen LogP contribution in [0.5, 0.6) is 0 Å². The van der Waals surface area contributed by atoms with E-state index < -0.39 is 47.6 Å². The number of nitrogens with zero attached hydrogens (tertiary/aromatic N) is 4. The molecule has 4 atom stereocenters. The van der Waals surface area contributed by atoms with Crippen molar-refractivity contribution < 1.29 is 27.2 Å². The molecule has 2 aliphatic heterocycles. The van der Waals surface area contributed by atoms with Crippen LogP contribution < -0.4 is 5.73 Å². The topological polar surface area (TPSA) is 133 Å². The maximum absolute atomic E-state index is 12.4. The number of carbonyl (C=O) groups is 1. The number of hydrogen-bond acceptors (Lipinski definition) is 10. The molecule has 0 amide bonds. The highest BCUT2D eigenvalue weighted by Crippen LogP contribution is 2.49. The van der Waals surface area contributed by atoms with Crippen molar-refractivity contribution in [1.29, 1.82) is 0 Å². The third kappa shape index (κ3) is 5.05. The van der Waals surface area contributed by atoms with Crippen LogP contribution in [0.15, 0.2) is 6.33 Å². The van der Waals surface area contributed by atoms with Crippen molar-refractivity contribution in [3.63, 3.8) is 0 Å². The van der Waals surface area contributed by atoms with Gasteiger partial charge in [-0.1, -0.05) is 55.4 Å². The van der Waals surface area contributed by atoms with Crippen LogP contribution in [0.1, 0.15) is 68.5 Å². The minimum Gasteiger partial charge on any atom is -0.455 e. The molecule has 0 radical (unpaired) electrons. The highest BCUT2D eigenvalue weighted by Gasteiger charge is 2.62. The molecule has 2 aliphatic rings. The number of fused-ring (bicyclic) bond motifs is 2. The number of carbonyl (C=O) groups excluding carboxylic acids is 1. The second kappa shape index (κ2) is 11.0. The number of esters is 1. The standard InChI is InChI=1S/C24H40IN5O6Si2/c1-12(2)37(13(3)4)32-10-17-19(35-38(36-37,14(5)6)15(7)8)20(33-16(9)31)23(34-17)30-11-27-18-21(26)28-24(25)29-22(18)30/h11-15,17,19-20,23H,10H2,1-9H3,(H2,26,28,29)/t17-,19-,20+,23-/m1/s1. The van der Waals surface area contributed by atoms with Crippen molar-refractivity contribution in [2.24, 2.45) is 0 Å². The van der Waals surface area contributed by atoms with Gasteiger partial charge in [0.15, 0.2) is 27.6 Å². The lowest BCUT2D eigenvalue weighted by Crippen LogP contribution is -2.66. The zero-order chi connectivity index (χ0) is 28.2. The highest BCUT2D eigenvalue weighted by molar-refractivity contribution is 14.1. The van der Waals surface area contributed by atoms with Crippen molar-refractivity contribution in [2.45, 2.75) is 109 Å². The van der Waals surface area contributed by atoms with Gasteiger partial charge in [0.25, 0.3) is 0 Å². The molecular formula is C24H40IN5O6Si2. The molecule has 14 heteroatoms. The lowest BCUT2D eigenvalue weighted by molar-refractivity contribution is -0.155. The van der Waals surface area contributed by atoms with E-state index in [1.165, 1.54) is 6.92 Å². The zero-order valence-corrected chi connectivity index (χ0v) is 27.8. The Morgan fingerprint density at radius 2 is 1.68 bits per heavy atom. The summed E-state index contributed by atoms with van der Waals surface area (Å²) in [7, 11) is -5.70. The largest absolute Gasteiger partial charge is 0.455 e. The van der Waals surface area contributed by atoms with Crippen molar-refractivity contribution in [1.82, 2.24) is 19.5 Å². The molecule has 2 saturated heterocycles. The van der Waals surface area contributed by atoms with E-state index >= 15 is 0 Å². The summed E-state index contributed by atoms with van der Waals surface area (Å²) in [6, 6.07) is 0. The molecule has 212 valence electrons. The number of nitrogens with two attached hydrogens (primary N) is 1. The Labute approximate surface area is 240 Å². The van der Waals surface area contributed by atoms with Crippen LogP contribution in [0.2, 0.25) is 22.2 Å². The Hall–Kier alpha value is -1.18. The predicted molar refractivity (Wildman–Crippen MR) is 156 cm³/mol. The Kier molecular flexibility index (Phi) is 8.63. The van der Waals surface area contributed by atoms with E-state index in [0.717, 1.165) is 0 Å². The number of anilines is 1. The average molecular weight is 678 g/mol. The number of aromatic nitrogens is 4. The van der Waals surface area contributed by atoms with Gasteiger partial charge in [0.1, 0.15) is 17.7 Å². The van der Waals surface area contributed by atoms with Crippen LogP contribution in [0.3, 0.4) is 0 Å². The van der Waals surface area contributed by atoms with Gasteiger partial charge in [-0.25, -0.2) is 15.0 Å². The van der Waals surface area contributed by atoms with E-state index in [9.17, 15) is 4.79 Å². The van der Waals surface area contributed by atoms with E-state index in [-0.39, 0.29) is 34.6 Å². The molecule has 4 rings (SSSR count). The maximum atomic E-state index is 12.4. The predicted octanol–water partition coefficient (Wildman–Crippen LogP) is 4.80. The fraction of sp³-hybridized carbons (Fsp3) is 0.750. The fourth-order valence-electron chi connectivity index (χ4n) is 5.76. The minimum atomic E-state index is -2.95. The summed E-state index contributed by atoms with van der Waals surface area (Å²) in [6.07, 6.45) is -1.00. The van der Waals surface area contributed by atoms with Crippen LogP contribution in [0.25, 0.3) is 11.2 Å². The van der Waals surface area contributed by atoms with Gasteiger partial charge < -0.3 is 28.2 Å².